The van der Waals surface area contributed by atoms with Crippen molar-refractivity contribution in [3.63, 3.8) is 0 Å². The van der Waals surface area contributed by atoms with Gasteiger partial charge in [-0.05, 0) is 36.4 Å². The van der Waals surface area contributed by atoms with Gasteiger partial charge in [-0.3, -0.25) is 4.79 Å². The number of nitrogens with one attached hydrogen (secondary N) is 1. The van der Waals surface area contributed by atoms with E-state index >= 15 is 0 Å². The second-order valence-corrected chi connectivity index (χ2v) is 6.55. The quantitative estimate of drug-likeness (QED) is 0.533. The molecule has 0 saturated carbocycles. The van der Waals surface area contributed by atoms with Crippen molar-refractivity contribution in [1.82, 2.24) is 9.38 Å². The zero-order valence-corrected chi connectivity index (χ0v) is 14.8. The lowest BCUT2D eigenvalue weighted by atomic mass is 10.2. The number of carbonyl (C=O) groups is 1. The zero-order chi connectivity index (χ0) is 17.2. The third-order valence-corrected chi connectivity index (χ3v) is 4.42. The largest absolute Gasteiger partial charge is 0.322 e. The van der Waals surface area contributed by atoms with Crippen LogP contribution in [0.5, 0.6) is 0 Å². The number of fused-ring (bicyclic) bond motifs is 1. The number of imidazole rings is 1. The molecule has 2 heterocycles. The summed E-state index contributed by atoms with van der Waals surface area (Å²) in [6, 6.07) is 21.0. The molecule has 1 N–H and O–H groups in total. The molecule has 0 unspecified atom stereocenters. The number of pyridine rings is 1. The molecule has 0 aliphatic carbocycles. The number of halogens is 1. The summed E-state index contributed by atoms with van der Waals surface area (Å²) in [5.41, 5.74) is 3.99. The summed E-state index contributed by atoms with van der Waals surface area (Å²) < 4.78 is 2.89. The minimum atomic E-state index is -0.158. The van der Waals surface area contributed by atoms with Gasteiger partial charge in [-0.1, -0.05) is 46.3 Å². The maximum atomic E-state index is 12.5. The van der Waals surface area contributed by atoms with Gasteiger partial charge in [0.2, 0.25) is 0 Å². The predicted molar refractivity (Wildman–Crippen MR) is 103 cm³/mol. The summed E-state index contributed by atoms with van der Waals surface area (Å²) in [6.45, 7) is 0. The molecule has 25 heavy (non-hydrogen) atoms. The molecule has 2 aromatic heterocycles. The fourth-order valence-electron chi connectivity index (χ4n) is 2.61. The van der Waals surface area contributed by atoms with E-state index in [4.69, 9.17) is 0 Å². The van der Waals surface area contributed by atoms with E-state index in [9.17, 15) is 4.79 Å². The van der Waals surface area contributed by atoms with Crippen LogP contribution < -0.4 is 5.32 Å². The average molecular weight is 392 g/mol. The number of nitrogens with zero attached hydrogens (tertiary/aromatic N) is 2. The fourth-order valence-corrected chi connectivity index (χ4v) is 2.87. The lowest BCUT2D eigenvalue weighted by molar-refractivity contribution is 0.102. The van der Waals surface area contributed by atoms with Crippen LogP contribution in [0.3, 0.4) is 0 Å². The molecule has 0 radical (unpaired) electrons. The molecule has 1 amide bonds. The van der Waals surface area contributed by atoms with E-state index in [0.29, 0.717) is 5.56 Å². The summed E-state index contributed by atoms with van der Waals surface area (Å²) in [5, 5.41) is 2.89. The second-order valence-electron chi connectivity index (χ2n) is 5.63. The molecule has 122 valence electrons. The first kappa shape index (κ1) is 15.6. The first-order valence-electron chi connectivity index (χ1n) is 7.80. The number of amides is 1. The standard InChI is InChI=1S/C20H14BrN3O/c21-16-6-8-17(9-7-16)22-20(25)15-10-11-24-13-18(23-19(24)12-15)14-4-2-1-3-5-14/h1-13H,(H,22,25). The van der Waals surface area contributed by atoms with E-state index in [1.807, 2.05) is 71.4 Å². The van der Waals surface area contributed by atoms with Crippen molar-refractivity contribution in [2.45, 2.75) is 0 Å². The number of carbonyl (C=O) groups excluding carboxylic acids is 1. The molecule has 4 nitrogen and oxygen atoms in total. The number of hydrogen-bond donors (Lipinski definition) is 1. The minimum absolute atomic E-state index is 0.158. The molecule has 4 aromatic rings. The van der Waals surface area contributed by atoms with Crippen LogP contribution in [0.15, 0.2) is 83.6 Å². The Morgan fingerprint density at radius 3 is 2.52 bits per heavy atom. The SMILES string of the molecule is O=C(Nc1ccc(Br)cc1)c1ccn2cc(-c3ccccc3)nc2c1. The van der Waals surface area contributed by atoms with E-state index in [1.54, 1.807) is 12.1 Å². The van der Waals surface area contributed by atoms with Gasteiger partial charge >= 0.3 is 0 Å². The topological polar surface area (TPSA) is 46.4 Å². The predicted octanol–water partition coefficient (Wildman–Crippen LogP) is 5.02. The van der Waals surface area contributed by atoms with E-state index in [2.05, 4.69) is 26.2 Å². The maximum absolute atomic E-state index is 12.5. The third-order valence-electron chi connectivity index (χ3n) is 3.89. The highest BCUT2D eigenvalue weighted by molar-refractivity contribution is 9.10. The van der Waals surface area contributed by atoms with Gasteiger partial charge in [-0.15, -0.1) is 0 Å². The molecule has 0 fully saturated rings. The van der Waals surface area contributed by atoms with E-state index in [0.717, 1.165) is 27.1 Å². The molecule has 4 rings (SSSR count). The fraction of sp³-hybridized carbons (Fsp3) is 0. The van der Waals surface area contributed by atoms with Crippen LogP contribution in [0.25, 0.3) is 16.9 Å². The van der Waals surface area contributed by atoms with Crippen molar-refractivity contribution in [2.24, 2.45) is 0 Å². The van der Waals surface area contributed by atoms with Gasteiger partial charge in [0.05, 0.1) is 5.69 Å². The Hall–Kier alpha value is -2.92. The molecule has 0 aliphatic rings. The molecule has 0 saturated heterocycles. The Bertz CT molecular complexity index is 1040. The first-order valence-corrected chi connectivity index (χ1v) is 8.59. The van der Waals surface area contributed by atoms with Crippen molar-refractivity contribution in [1.29, 1.82) is 0 Å². The van der Waals surface area contributed by atoms with Crippen molar-refractivity contribution in [2.75, 3.05) is 5.32 Å². The van der Waals surface area contributed by atoms with Gasteiger partial charge in [-0.2, -0.15) is 0 Å². The lowest BCUT2D eigenvalue weighted by Gasteiger charge is -2.05. The first-order chi connectivity index (χ1) is 12.2. The number of hydrogen-bond acceptors (Lipinski definition) is 2. The number of aromatic nitrogens is 2. The molecule has 2 aromatic carbocycles. The molecular formula is C20H14BrN3O. The minimum Gasteiger partial charge on any atom is -0.322 e. The Labute approximate surface area is 153 Å². The van der Waals surface area contributed by atoms with Crippen molar-refractivity contribution in [3.8, 4) is 11.3 Å². The Morgan fingerprint density at radius 2 is 1.76 bits per heavy atom. The summed E-state index contributed by atoms with van der Waals surface area (Å²) in [6.07, 6.45) is 3.81. The summed E-state index contributed by atoms with van der Waals surface area (Å²) >= 11 is 3.38. The van der Waals surface area contributed by atoms with Crippen LogP contribution in [-0.4, -0.2) is 15.3 Å². The van der Waals surface area contributed by atoms with Crippen molar-refractivity contribution < 1.29 is 4.79 Å². The lowest BCUT2D eigenvalue weighted by Crippen LogP contribution is -2.12. The maximum Gasteiger partial charge on any atom is 0.255 e. The second kappa shape index (κ2) is 6.53. The van der Waals surface area contributed by atoms with Gasteiger partial charge in [0, 0.05) is 33.7 Å². The van der Waals surface area contributed by atoms with Gasteiger partial charge in [-0.25, -0.2) is 4.98 Å². The zero-order valence-electron chi connectivity index (χ0n) is 13.2. The monoisotopic (exact) mass is 391 g/mol. The smallest absolute Gasteiger partial charge is 0.255 e. The summed E-state index contributed by atoms with van der Waals surface area (Å²) in [7, 11) is 0. The summed E-state index contributed by atoms with van der Waals surface area (Å²) in [4.78, 5) is 17.1. The Morgan fingerprint density at radius 1 is 1.00 bits per heavy atom. The molecule has 0 spiro atoms. The normalized spacial score (nSPS) is 10.8. The highest BCUT2D eigenvalue weighted by Crippen LogP contribution is 2.20. The van der Waals surface area contributed by atoms with Crippen LogP contribution >= 0.6 is 15.9 Å². The number of anilines is 1. The highest BCUT2D eigenvalue weighted by Gasteiger charge is 2.10. The molecular weight excluding hydrogens is 378 g/mol. The highest BCUT2D eigenvalue weighted by atomic mass is 79.9. The van der Waals surface area contributed by atoms with E-state index < -0.39 is 0 Å². The summed E-state index contributed by atoms with van der Waals surface area (Å²) in [5.74, 6) is -0.158. The Kier molecular flexibility index (Phi) is 4.07. The number of rotatable bonds is 3. The van der Waals surface area contributed by atoms with Crippen LogP contribution in [0, 0.1) is 0 Å². The van der Waals surface area contributed by atoms with Gasteiger partial charge < -0.3 is 9.72 Å². The molecule has 0 bridgehead atoms. The van der Waals surface area contributed by atoms with Crippen LogP contribution in [-0.2, 0) is 0 Å². The Balaban J connectivity index is 1.62. The molecule has 0 atom stereocenters. The van der Waals surface area contributed by atoms with Crippen LogP contribution in [0.1, 0.15) is 10.4 Å². The van der Waals surface area contributed by atoms with Gasteiger partial charge in [0.25, 0.3) is 5.91 Å². The van der Waals surface area contributed by atoms with Gasteiger partial charge in [0.15, 0.2) is 0 Å². The van der Waals surface area contributed by atoms with Crippen LogP contribution in [0.2, 0.25) is 0 Å². The molecule has 0 aliphatic heterocycles. The van der Waals surface area contributed by atoms with E-state index in [1.165, 1.54) is 0 Å². The average Bonchev–Trinajstić information content (AvgIpc) is 3.07. The molecule has 5 heteroatoms. The van der Waals surface area contributed by atoms with Gasteiger partial charge in [0.1, 0.15) is 5.65 Å². The van der Waals surface area contributed by atoms with Crippen molar-refractivity contribution >= 4 is 33.2 Å². The van der Waals surface area contributed by atoms with E-state index in [-0.39, 0.29) is 5.91 Å². The number of benzene rings is 2. The third kappa shape index (κ3) is 3.32. The van der Waals surface area contributed by atoms with Crippen molar-refractivity contribution in [3.05, 3.63) is 89.2 Å². The van der Waals surface area contributed by atoms with Crippen LogP contribution in [0.4, 0.5) is 5.69 Å².